The summed E-state index contributed by atoms with van der Waals surface area (Å²) >= 11 is 0. The molecule has 1 aliphatic heterocycles. The number of ether oxygens (including phenoxy) is 1. The lowest BCUT2D eigenvalue weighted by molar-refractivity contribution is 0.0922. The second-order valence-electron chi connectivity index (χ2n) is 8.63. The highest BCUT2D eigenvalue weighted by atomic mass is 32.2. The van der Waals surface area contributed by atoms with Crippen LogP contribution in [-0.4, -0.2) is 35.7 Å². The van der Waals surface area contributed by atoms with Gasteiger partial charge in [0.2, 0.25) is 0 Å². The molecule has 2 aromatic carbocycles. The Morgan fingerprint density at radius 2 is 2.03 bits per heavy atom. The summed E-state index contributed by atoms with van der Waals surface area (Å²) in [6.45, 7) is 3.05. The zero-order valence-corrected chi connectivity index (χ0v) is 20.6. The topological polar surface area (TPSA) is 142 Å². The van der Waals surface area contributed by atoms with E-state index in [1.807, 2.05) is 14.0 Å². The van der Waals surface area contributed by atoms with Crippen LogP contribution in [-0.2, 0) is 41.4 Å². The highest BCUT2D eigenvalue weighted by molar-refractivity contribution is 7.92. The van der Waals surface area contributed by atoms with Crippen molar-refractivity contribution >= 4 is 32.5 Å². The maximum absolute atomic E-state index is 13.0. The van der Waals surface area contributed by atoms with Crippen LogP contribution in [0.1, 0.15) is 38.4 Å². The van der Waals surface area contributed by atoms with Gasteiger partial charge in [0.15, 0.2) is 5.69 Å². The smallest absolute Gasteiger partial charge is 0.272 e. The lowest BCUT2D eigenvalue weighted by Crippen LogP contribution is -2.25. The molecule has 1 aliphatic rings. The van der Waals surface area contributed by atoms with Gasteiger partial charge < -0.3 is 15.0 Å². The molecular weight excluding hydrogens is 480 g/mol. The number of H-pyrrole nitrogens is 1. The molecule has 0 fully saturated rings. The summed E-state index contributed by atoms with van der Waals surface area (Å²) in [6, 6.07) is 11.8. The van der Waals surface area contributed by atoms with Crippen molar-refractivity contribution in [1.29, 1.82) is 5.26 Å². The molecule has 0 saturated heterocycles. The zero-order valence-electron chi connectivity index (χ0n) is 19.8. The largest absolute Gasteiger partial charge is 0.376 e. The van der Waals surface area contributed by atoms with Crippen molar-refractivity contribution in [3.63, 3.8) is 0 Å². The van der Waals surface area contributed by atoms with Gasteiger partial charge in [-0.1, -0.05) is 18.2 Å². The molecule has 0 spiro atoms. The molecule has 4 aromatic rings. The molecular formula is C25H24N6O4S. The van der Waals surface area contributed by atoms with Gasteiger partial charge in [0.1, 0.15) is 6.07 Å². The Labute approximate surface area is 207 Å². The number of aromatic amines is 1. The van der Waals surface area contributed by atoms with Crippen molar-refractivity contribution in [3.8, 4) is 6.07 Å². The second-order valence-corrected chi connectivity index (χ2v) is 10.3. The number of amides is 1. The van der Waals surface area contributed by atoms with Crippen LogP contribution < -0.4 is 10.0 Å². The van der Waals surface area contributed by atoms with Gasteiger partial charge in [-0.25, -0.2) is 8.42 Å². The Hall–Kier alpha value is -4.14. The normalized spacial score (nSPS) is 13.2. The number of hydrogen-bond acceptors (Lipinski definition) is 6. The predicted molar refractivity (Wildman–Crippen MR) is 133 cm³/mol. The van der Waals surface area contributed by atoms with Gasteiger partial charge in [0, 0.05) is 42.9 Å². The minimum absolute atomic E-state index is 0.0781. The second kappa shape index (κ2) is 9.14. The molecule has 11 heteroatoms. The number of aryl methyl sites for hydroxylation is 2. The predicted octanol–water partition coefficient (Wildman–Crippen LogP) is 2.89. The number of carbonyl (C=O) groups excluding carboxylic acids is 1. The molecule has 184 valence electrons. The number of fused-ring (bicyclic) bond motifs is 2. The average molecular weight is 505 g/mol. The number of carbonyl (C=O) groups is 1. The Morgan fingerprint density at radius 3 is 2.78 bits per heavy atom. The van der Waals surface area contributed by atoms with Crippen molar-refractivity contribution in [3.05, 3.63) is 76.2 Å². The lowest BCUT2D eigenvalue weighted by Gasteiger charge is -2.13. The monoisotopic (exact) mass is 504 g/mol. The third-order valence-electron chi connectivity index (χ3n) is 6.31. The number of benzene rings is 2. The number of rotatable bonds is 6. The van der Waals surface area contributed by atoms with Crippen LogP contribution in [0.3, 0.4) is 0 Å². The van der Waals surface area contributed by atoms with E-state index in [2.05, 4.69) is 26.2 Å². The third kappa shape index (κ3) is 4.21. The van der Waals surface area contributed by atoms with Gasteiger partial charge in [-0.2, -0.15) is 10.4 Å². The van der Waals surface area contributed by atoms with Crippen LogP contribution in [0.4, 0.5) is 5.69 Å². The molecule has 0 unspecified atom stereocenters. The zero-order chi connectivity index (χ0) is 25.4. The Morgan fingerprint density at radius 1 is 1.25 bits per heavy atom. The highest BCUT2D eigenvalue weighted by Gasteiger charge is 2.24. The molecule has 5 rings (SSSR count). The molecule has 0 bridgehead atoms. The van der Waals surface area contributed by atoms with Gasteiger partial charge in [-0.15, -0.1) is 0 Å². The SMILES string of the molecule is Cc1ccc(NS(=O)(=O)c2ccc(CNC(=O)c3nn(C)c4c3COCC4)cc2)c2[nH]cc(C#N)c12. The fraction of sp³-hybridized carbons (Fsp3) is 0.240. The van der Waals surface area contributed by atoms with E-state index in [9.17, 15) is 18.5 Å². The molecule has 3 heterocycles. The molecule has 2 aromatic heterocycles. The fourth-order valence-corrected chi connectivity index (χ4v) is 5.51. The van der Waals surface area contributed by atoms with Gasteiger partial charge in [0.05, 0.1) is 34.9 Å². The van der Waals surface area contributed by atoms with Crippen molar-refractivity contribution in [2.45, 2.75) is 31.4 Å². The van der Waals surface area contributed by atoms with Crippen molar-refractivity contribution in [2.24, 2.45) is 7.05 Å². The number of sulfonamides is 1. The minimum atomic E-state index is -3.88. The number of nitrogens with zero attached hydrogens (tertiary/aromatic N) is 3. The lowest BCUT2D eigenvalue weighted by atomic mass is 10.1. The third-order valence-corrected chi connectivity index (χ3v) is 7.70. The number of aromatic nitrogens is 3. The molecule has 36 heavy (non-hydrogen) atoms. The first-order chi connectivity index (χ1) is 17.3. The van der Waals surface area contributed by atoms with Crippen LogP contribution in [0, 0.1) is 18.3 Å². The van der Waals surface area contributed by atoms with Crippen molar-refractivity contribution in [2.75, 3.05) is 11.3 Å². The summed E-state index contributed by atoms with van der Waals surface area (Å²) in [5, 5.41) is 17.2. The molecule has 0 atom stereocenters. The Kier molecular flexibility index (Phi) is 5.99. The molecule has 1 amide bonds. The minimum Gasteiger partial charge on any atom is -0.376 e. The highest BCUT2D eigenvalue weighted by Crippen LogP contribution is 2.30. The summed E-state index contributed by atoms with van der Waals surface area (Å²) < 4.78 is 35.8. The standard InChI is InChI=1S/C25H24N6O4S/c1-15-3-8-20(24-22(15)17(11-26)13-27-24)30-36(33,34)18-6-4-16(5-7-18)12-28-25(32)23-19-14-35-10-9-21(19)31(2)29-23/h3-8,13,27,30H,9-10,12,14H2,1-2H3,(H,28,32). The van der Waals surface area contributed by atoms with E-state index in [1.54, 1.807) is 35.1 Å². The summed E-state index contributed by atoms with van der Waals surface area (Å²) in [6.07, 6.45) is 2.28. The first-order valence-corrected chi connectivity index (χ1v) is 12.8. The molecule has 0 aliphatic carbocycles. The first kappa shape index (κ1) is 23.6. The van der Waals surface area contributed by atoms with E-state index in [-0.39, 0.29) is 17.3 Å². The number of hydrogen-bond donors (Lipinski definition) is 3. The number of anilines is 1. The Bertz CT molecular complexity index is 1630. The van der Waals surface area contributed by atoms with E-state index in [1.165, 1.54) is 12.1 Å². The first-order valence-electron chi connectivity index (χ1n) is 11.3. The molecule has 0 radical (unpaired) electrons. The van der Waals surface area contributed by atoms with E-state index >= 15 is 0 Å². The van der Waals surface area contributed by atoms with Gasteiger partial charge in [-0.3, -0.25) is 14.2 Å². The maximum Gasteiger partial charge on any atom is 0.272 e. The van der Waals surface area contributed by atoms with E-state index < -0.39 is 10.0 Å². The summed E-state index contributed by atoms with van der Waals surface area (Å²) in [5.41, 5.74) is 5.13. The van der Waals surface area contributed by atoms with Crippen molar-refractivity contribution in [1.82, 2.24) is 20.1 Å². The van der Waals surface area contributed by atoms with Crippen LogP contribution in [0.25, 0.3) is 10.9 Å². The molecule has 0 saturated carbocycles. The van der Waals surface area contributed by atoms with Gasteiger partial charge >= 0.3 is 0 Å². The van der Waals surface area contributed by atoms with E-state index in [0.717, 1.165) is 22.4 Å². The van der Waals surface area contributed by atoms with Crippen LogP contribution in [0.5, 0.6) is 0 Å². The summed E-state index contributed by atoms with van der Waals surface area (Å²) in [4.78, 5) is 15.8. The number of nitrogens with one attached hydrogen (secondary N) is 3. The van der Waals surface area contributed by atoms with Crippen LogP contribution >= 0.6 is 0 Å². The molecule has 10 nitrogen and oxygen atoms in total. The summed E-state index contributed by atoms with van der Waals surface area (Å²) in [7, 11) is -2.07. The van der Waals surface area contributed by atoms with E-state index in [4.69, 9.17) is 4.74 Å². The van der Waals surface area contributed by atoms with Crippen LogP contribution in [0.2, 0.25) is 0 Å². The van der Waals surface area contributed by atoms with Crippen molar-refractivity contribution < 1.29 is 17.9 Å². The van der Waals surface area contributed by atoms with Gasteiger partial charge in [-0.05, 0) is 36.2 Å². The number of nitriles is 1. The van der Waals surface area contributed by atoms with E-state index in [0.29, 0.717) is 47.5 Å². The van der Waals surface area contributed by atoms with Gasteiger partial charge in [0.25, 0.3) is 15.9 Å². The Balaban J connectivity index is 1.29. The van der Waals surface area contributed by atoms with Crippen LogP contribution in [0.15, 0.2) is 47.5 Å². The average Bonchev–Trinajstić information content (AvgIpc) is 3.47. The maximum atomic E-state index is 13.0. The molecule has 3 N–H and O–H groups in total. The quantitative estimate of drug-likeness (QED) is 0.369. The fourth-order valence-electron chi connectivity index (χ4n) is 4.44. The summed E-state index contributed by atoms with van der Waals surface area (Å²) in [5.74, 6) is -0.304.